The molecule has 0 bridgehead atoms. The number of carbonyl (C=O) groups excluding carboxylic acids is 2. The second-order valence-corrected chi connectivity index (χ2v) is 4.31. The lowest BCUT2D eigenvalue weighted by molar-refractivity contribution is -0.145. The molecule has 1 aliphatic heterocycles. The van der Waals surface area contributed by atoms with Crippen molar-refractivity contribution in [2.45, 2.75) is 18.9 Å². The fraction of sp³-hybridized carbons (Fsp3) is 0.727. The molecule has 0 aromatic carbocycles. The minimum Gasteiger partial charge on any atom is -0.480 e. The number of ether oxygens (including phenoxy) is 1. The molecule has 8 heteroatoms. The lowest BCUT2D eigenvalue weighted by Crippen LogP contribution is -2.47. The zero-order valence-corrected chi connectivity index (χ0v) is 10.7. The van der Waals surface area contributed by atoms with E-state index in [0.717, 1.165) is 0 Å². The van der Waals surface area contributed by atoms with Crippen LogP contribution in [-0.2, 0) is 14.3 Å². The van der Waals surface area contributed by atoms with Crippen LogP contribution < -0.4 is 5.32 Å². The molecule has 8 nitrogen and oxygen atoms in total. The molecule has 19 heavy (non-hydrogen) atoms. The number of rotatable bonds is 5. The van der Waals surface area contributed by atoms with Gasteiger partial charge in [-0.25, -0.2) is 9.59 Å². The quantitative estimate of drug-likeness (QED) is 0.555. The Morgan fingerprint density at radius 1 is 1.47 bits per heavy atom. The molecule has 1 saturated heterocycles. The number of carboxylic acids is 1. The van der Waals surface area contributed by atoms with Crippen LogP contribution in [0.1, 0.15) is 12.8 Å². The topological polar surface area (TPSA) is 116 Å². The number of aliphatic hydroxyl groups excluding tert-OH is 1. The summed E-state index contributed by atoms with van der Waals surface area (Å²) in [4.78, 5) is 35.3. The van der Waals surface area contributed by atoms with Crippen molar-refractivity contribution in [1.29, 1.82) is 0 Å². The van der Waals surface area contributed by atoms with Gasteiger partial charge in [0.1, 0.15) is 6.04 Å². The van der Waals surface area contributed by atoms with E-state index in [4.69, 9.17) is 10.2 Å². The fourth-order valence-corrected chi connectivity index (χ4v) is 1.93. The van der Waals surface area contributed by atoms with Crippen molar-refractivity contribution in [2.75, 3.05) is 26.8 Å². The number of esters is 1. The number of amides is 2. The molecule has 108 valence electrons. The van der Waals surface area contributed by atoms with Gasteiger partial charge in [0.15, 0.2) is 0 Å². The van der Waals surface area contributed by atoms with Crippen LogP contribution in [0.4, 0.5) is 4.79 Å². The van der Waals surface area contributed by atoms with Gasteiger partial charge in [-0.3, -0.25) is 4.79 Å². The number of carboxylic acid groups (broad SMARTS) is 1. The molecule has 1 fully saturated rings. The van der Waals surface area contributed by atoms with Gasteiger partial charge in [-0.05, 0) is 6.42 Å². The molecule has 1 rings (SSSR count). The highest BCUT2D eigenvalue weighted by Crippen LogP contribution is 2.17. The summed E-state index contributed by atoms with van der Waals surface area (Å²) in [5, 5.41) is 19.9. The normalized spacial score (nSPS) is 19.9. The van der Waals surface area contributed by atoms with E-state index < -0.39 is 18.0 Å². The Labute approximate surface area is 110 Å². The number of carbonyl (C=O) groups is 3. The molecule has 0 spiro atoms. The van der Waals surface area contributed by atoms with Gasteiger partial charge in [-0.15, -0.1) is 0 Å². The van der Waals surface area contributed by atoms with E-state index in [2.05, 4.69) is 10.1 Å². The Balaban J connectivity index is 2.50. The lowest BCUT2D eigenvalue weighted by atomic mass is 10.1. The van der Waals surface area contributed by atoms with Crippen LogP contribution >= 0.6 is 0 Å². The number of urea groups is 1. The molecule has 1 heterocycles. The number of methoxy groups -OCH3 is 1. The van der Waals surface area contributed by atoms with E-state index >= 15 is 0 Å². The highest BCUT2D eigenvalue weighted by molar-refractivity contribution is 5.83. The van der Waals surface area contributed by atoms with Crippen molar-refractivity contribution >= 4 is 18.0 Å². The first-order valence-corrected chi connectivity index (χ1v) is 5.96. The van der Waals surface area contributed by atoms with E-state index in [0.29, 0.717) is 13.0 Å². The Hall–Kier alpha value is -1.83. The van der Waals surface area contributed by atoms with Gasteiger partial charge < -0.3 is 25.2 Å². The third kappa shape index (κ3) is 4.09. The Morgan fingerprint density at radius 2 is 2.16 bits per heavy atom. The Bertz CT molecular complexity index is 359. The van der Waals surface area contributed by atoms with Crippen LogP contribution in [0.15, 0.2) is 0 Å². The highest BCUT2D eigenvalue weighted by atomic mass is 16.5. The number of nitrogens with one attached hydrogen (secondary N) is 1. The first-order valence-electron chi connectivity index (χ1n) is 5.96. The number of nitrogens with zero attached hydrogens (tertiary/aromatic N) is 1. The van der Waals surface area contributed by atoms with Gasteiger partial charge in [0.2, 0.25) is 0 Å². The van der Waals surface area contributed by atoms with Crippen LogP contribution in [0.3, 0.4) is 0 Å². The van der Waals surface area contributed by atoms with Gasteiger partial charge in [0, 0.05) is 26.1 Å². The van der Waals surface area contributed by atoms with Crippen molar-refractivity contribution in [3.8, 4) is 0 Å². The summed E-state index contributed by atoms with van der Waals surface area (Å²) in [5.74, 6) is -1.94. The van der Waals surface area contributed by atoms with Gasteiger partial charge in [-0.2, -0.15) is 0 Å². The lowest BCUT2D eigenvalue weighted by Gasteiger charge is -2.20. The molecule has 3 N–H and O–H groups in total. The summed E-state index contributed by atoms with van der Waals surface area (Å²) in [6.45, 7) is 0.253. The van der Waals surface area contributed by atoms with Crippen LogP contribution in [0.2, 0.25) is 0 Å². The van der Waals surface area contributed by atoms with E-state index in [1.807, 2.05) is 0 Å². The molecule has 0 aromatic rings. The van der Waals surface area contributed by atoms with Crippen molar-refractivity contribution in [3.05, 3.63) is 0 Å². The number of aliphatic hydroxyl groups is 1. The Kier molecular flexibility index (Phi) is 5.56. The maximum absolute atomic E-state index is 11.8. The second kappa shape index (κ2) is 6.93. The second-order valence-electron chi connectivity index (χ2n) is 4.31. The van der Waals surface area contributed by atoms with Gasteiger partial charge in [0.05, 0.1) is 13.0 Å². The summed E-state index contributed by atoms with van der Waals surface area (Å²) in [6.07, 6.45) is 0.438. The van der Waals surface area contributed by atoms with Gasteiger partial charge in [-0.1, -0.05) is 0 Å². The molecule has 2 atom stereocenters. The van der Waals surface area contributed by atoms with Gasteiger partial charge in [0.25, 0.3) is 0 Å². The summed E-state index contributed by atoms with van der Waals surface area (Å²) in [6, 6.07) is -1.68. The number of aliphatic carboxylic acids is 1. The predicted molar refractivity (Wildman–Crippen MR) is 63.4 cm³/mol. The van der Waals surface area contributed by atoms with Crippen molar-refractivity contribution in [3.63, 3.8) is 0 Å². The van der Waals surface area contributed by atoms with E-state index in [-0.39, 0.29) is 31.5 Å². The van der Waals surface area contributed by atoms with Crippen molar-refractivity contribution < 1.29 is 29.3 Å². The van der Waals surface area contributed by atoms with Crippen LogP contribution in [-0.4, -0.2) is 65.9 Å². The van der Waals surface area contributed by atoms with E-state index in [9.17, 15) is 14.4 Å². The third-order valence-electron chi connectivity index (χ3n) is 3.02. The summed E-state index contributed by atoms with van der Waals surface area (Å²) in [7, 11) is 1.28. The monoisotopic (exact) mass is 274 g/mol. The molecule has 1 aliphatic rings. The number of likely N-dealkylation sites (tertiary alicyclic amines) is 1. The molecule has 0 radical (unpaired) electrons. The molecular weight excluding hydrogens is 256 g/mol. The zero-order valence-electron chi connectivity index (χ0n) is 10.7. The third-order valence-corrected chi connectivity index (χ3v) is 3.02. The van der Waals surface area contributed by atoms with E-state index in [1.165, 1.54) is 12.0 Å². The number of hydrogen-bond donors (Lipinski definition) is 3. The summed E-state index contributed by atoms with van der Waals surface area (Å²) in [5.41, 5.74) is 0. The maximum atomic E-state index is 11.8. The minimum atomic E-state index is -1.20. The standard InChI is InChI=1S/C11H18N2O6/c1-19-10(17)7-2-4-13(6-7)11(18)12-8(3-5-14)9(15)16/h7-8,14H,2-6H2,1H3,(H,12,18)(H,15,16). The number of hydrogen-bond acceptors (Lipinski definition) is 5. The Morgan fingerprint density at radius 3 is 2.68 bits per heavy atom. The smallest absolute Gasteiger partial charge is 0.326 e. The van der Waals surface area contributed by atoms with Crippen molar-refractivity contribution in [1.82, 2.24) is 10.2 Å². The average molecular weight is 274 g/mol. The zero-order chi connectivity index (χ0) is 14.4. The minimum absolute atomic E-state index is 0.0602. The molecule has 0 aliphatic carbocycles. The largest absolute Gasteiger partial charge is 0.480 e. The van der Waals surface area contributed by atoms with E-state index in [1.54, 1.807) is 0 Å². The fourth-order valence-electron chi connectivity index (χ4n) is 1.93. The van der Waals surface area contributed by atoms with Crippen LogP contribution in [0.25, 0.3) is 0 Å². The summed E-state index contributed by atoms with van der Waals surface area (Å²) < 4.78 is 4.60. The predicted octanol–water partition coefficient (Wildman–Crippen LogP) is -0.973. The molecule has 2 unspecified atom stereocenters. The maximum Gasteiger partial charge on any atom is 0.326 e. The first-order chi connectivity index (χ1) is 8.99. The molecular formula is C11H18N2O6. The highest BCUT2D eigenvalue weighted by Gasteiger charge is 2.33. The molecule has 0 saturated carbocycles. The van der Waals surface area contributed by atoms with Crippen LogP contribution in [0, 0.1) is 5.92 Å². The molecule has 0 aromatic heterocycles. The van der Waals surface area contributed by atoms with Crippen LogP contribution in [0.5, 0.6) is 0 Å². The SMILES string of the molecule is COC(=O)C1CCN(C(=O)NC(CCO)C(=O)O)C1. The van der Waals surface area contributed by atoms with Gasteiger partial charge >= 0.3 is 18.0 Å². The van der Waals surface area contributed by atoms with Crippen molar-refractivity contribution in [2.24, 2.45) is 5.92 Å². The summed E-state index contributed by atoms with van der Waals surface area (Å²) >= 11 is 0. The first kappa shape index (κ1) is 15.2. The average Bonchev–Trinajstić information content (AvgIpc) is 2.86. The molecule has 2 amide bonds.